The van der Waals surface area contributed by atoms with Crippen LogP contribution in [0, 0.1) is 0 Å². The minimum Gasteiger partial charge on any atom is -0.348 e. The summed E-state index contributed by atoms with van der Waals surface area (Å²) in [6, 6.07) is 11.7. The summed E-state index contributed by atoms with van der Waals surface area (Å²) in [5, 5.41) is 2.98. The van der Waals surface area contributed by atoms with Gasteiger partial charge in [-0.1, -0.05) is 18.2 Å². The highest BCUT2D eigenvalue weighted by Crippen LogP contribution is 2.30. The summed E-state index contributed by atoms with van der Waals surface area (Å²) < 4.78 is 25.3. The van der Waals surface area contributed by atoms with Gasteiger partial charge in [-0.15, -0.1) is 0 Å². The highest BCUT2D eigenvalue weighted by molar-refractivity contribution is 7.92. The van der Waals surface area contributed by atoms with Gasteiger partial charge in [-0.3, -0.25) is 9.10 Å². The summed E-state index contributed by atoms with van der Waals surface area (Å²) in [6.07, 6.45) is 6.26. The Morgan fingerprint density at radius 3 is 2.59 bits per heavy atom. The maximum absolute atomic E-state index is 12.6. The second kappa shape index (κ2) is 7.00. The van der Waals surface area contributed by atoms with Gasteiger partial charge in [0, 0.05) is 18.7 Å². The van der Waals surface area contributed by atoms with E-state index in [0.717, 1.165) is 36.8 Å². The summed E-state index contributed by atoms with van der Waals surface area (Å²) in [5.41, 5.74) is 6.12. The molecule has 0 aromatic heterocycles. The van der Waals surface area contributed by atoms with Gasteiger partial charge in [0.25, 0.3) is 5.91 Å². The third kappa shape index (κ3) is 3.72. The van der Waals surface area contributed by atoms with Crippen molar-refractivity contribution in [1.82, 2.24) is 5.32 Å². The van der Waals surface area contributed by atoms with Crippen LogP contribution < -0.4 is 9.62 Å². The molecule has 0 unspecified atom stereocenters. The van der Waals surface area contributed by atoms with E-state index in [4.69, 9.17) is 0 Å². The van der Waals surface area contributed by atoms with Crippen molar-refractivity contribution in [2.45, 2.75) is 38.6 Å². The quantitative estimate of drug-likeness (QED) is 0.881. The van der Waals surface area contributed by atoms with Crippen molar-refractivity contribution in [2.24, 2.45) is 0 Å². The lowest BCUT2D eigenvalue weighted by atomic mass is 10.0. The Morgan fingerprint density at radius 2 is 1.78 bits per heavy atom. The van der Waals surface area contributed by atoms with E-state index in [0.29, 0.717) is 24.3 Å². The number of sulfonamides is 1. The van der Waals surface area contributed by atoms with E-state index in [9.17, 15) is 13.2 Å². The fourth-order valence-electron chi connectivity index (χ4n) is 4.07. The average Bonchev–Trinajstić information content (AvgIpc) is 3.12. The number of fused-ring (bicyclic) bond motifs is 2. The number of carbonyl (C=O) groups is 1. The average molecular weight is 385 g/mol. The first-order valence-electron chi connectivity index (χ1n) is 9.41. The fourth-order valence-corrected chi connectivity index (χ4v) is 5.06. The minimum absolute atomic E-state index is 0.130. The fraction of sp³-hybridized carbons (Fsp3) is 0.381. The number of nitrogens with one attached hydrogen (secondary N) is 1. The molecule has 1 amide bonds. The maximum atomic E-state index is 12.6. The molecule has 0 saturated carbocycles. The van der Waals surface area contributed by atoms with Crippen molar-refractivity contribution in [2.75, 3.05) is 17.1 Å². The lowest BCUT2D eigenvalue weighted by molar-refractivity contribution is 0.0951. The summed E-state index contributed by atoms with van der Waals surface area (Å²) in [4.78, 5) is 12.6. The summed E-state index contributed by atoms with van der Waals surface area (Å²) in [6.45, 7) is 0.994. The third-order valence-electron chi connectivity index (χ3n) is 5.43. The summed E-state index contributed by atoms with van der Waals surface area (Å²) >= 11 is 0. The van der Waals surface area contributed by atoms with Gasteiger partial charge in [-0.05, 0) is 72.6 Å². The molecular formula is C21H24N2O3S. The smallest absolute Gasteiger partial charge is 0.251 e. The van der Waals surface area contributed by atoms with Gasteiger partial charge in [0.15, 0.2) is 0 Å². The molecule has 0 radical (unpaired) electrons. The van der Waals surface area contributed by atoms with Gasteiger partial charge in [-0.2, -0.15) is 0 Å². The van der Waals surface area contributed by atoms with Gasteiger partial charge in [0.1, 0.15) is 0 Å². The molecule has 0 atom stereocenters. The molecule has 4 rings (SSSR count). The molecule has 6 heteroatoms. The van der Waals surface area contributed by atoms with E-state index in [1.165, 1.54) is 28.1 Å². The van der Waals surface area contributed by atoms with Gasteiger partial charge in [0.05, 0.1) is 11.9 Å². The highest BCUT2D eigenvalue weighted by Gasteiger charge is 2.24. The molecule has 0 fully saturated rings. The Hall–Kier alpha value is -2.34. The molecule has 5 nitrogen and oxygen atoms in total. The van der Waals surface area contributed by atoms with Gasteiger partial charge >= 0.3 is 0 Å². The van der Waals surface area contributed by atoms with Crippen LogP contribution in [0.25, 0.3) is 0 Å². The Bertz CT molecular complexity index is 998. The van der Waals surface area contributed by atoms with Crippen LogP contribution in [0.1, 0.15) is 45.5 Å². The van der Waals surface area contributed by atoms with Crippen LogP contribution in [0.5, 0.6) is 0 Å². The van der Waals surface area contributed by atoms with Crippen LogP contribution in [0.4, 0.5) is 5.69 Å². The predicted molar refractivity (Wildman–Crippen MR) is 107 cm³/mol. The van der Waals surface area contributed by atoms with Crippen molar-refractivity contribution >= 4 is 21.6 Å². The van der Waals surface area contributed by atoms with Crippen molar-refractivity contribution in [1.29, 1.82) is 0 Å². The largest absolute Gasteiger partial charge is 0.348 e. The number of hydrogen-bond acceptors (Lipinski definition) is 3. The molecule has 142 valence electrons. The SMILES string of the molecule is CS(=O)(=O)N1CCCc2cc(C(=O)NCc3ccc4c(c3)CCC4)ccc21. The molecule has 1 aliphatic heterocycles. The lowest BCUT2D eigenvalue weighted by Gasteiger charge is -2.29. The first-order valence-corrected chi connectivity index (χ1v) is 11.3. The minimum atomic E-state index is -3.29. The number of benzene rings is 2. The molecule has 2 aromatic carbocycles. The lowest BCUT2D eigenvalue weighted by Crippen LogP contribution is -2.34. The molecule has 0 bridgehead atoms. The zero-order valence-corrected chi connectivity index (χ0v) is 16.3. The van der Waals surface area contributed by atoms with Crippen molar-refractivity contribution in [3.63, 3.8) is 0 Å². The molecule has 0 spiro atoms. The third-order valence-corrected chi connectivity index (χ3v) is 6.61. The molecule has 1 N–H and O–H groups in total. The second-order valence-electron chi connectivity index (χ2n) is 7.42. The summed E-state index contributed by atoms with van der Waals surface area (Å²) in [7, 11) is -3.29. The van der Waals surface area contributed by atoms with E-state index < -0.39 is 10.0 Å². The number of anilines is 1. The zero-order chi connectivity index (χ0) is 19.0. The topological polar surface area (TPSA) is 66.5 Å². The van der Waals surface area contributed by atoms with Crippen LogP contribution in [0.15, 0.2) is 36.4 Å². The Kier molecular flexibility index (Phi) is 4.68. The maximum Gasteiger partial charge on any atom is 0.251 e. The molecule has 1 heterocycles. The van der Waals surface area contributed by atoms with Gasteiger partial charge < -0.3 is 5.32 Å². The second-order valence-corrected chi connectivity index (χ2v) is 9.33. The number of nitrogens with zero attached hydrogens (tertiary/aromatic N) is 1. The number of aryl methyl sites for hydroxylation is 3. The van der Waals surface area contributed by atoms with Crippen LogP contribution in [0.2, 0.25) is 0 Å². The molecule has 2 aromatic rings. The highest BCUT2D eigenvalue weighted by atomic mass is 32.2. The monoisotopic (exact) mass is 384 g/mol. The Balaban J connectivity index is 1.48. The number of amides is 1. The Morgan fingerprint density at radius 1 is 1.00 bits per heavy atom. The molecular weight excluding hydrogens is 360 g/mol. The standard InChI is InChI=1S/C21H24N2O3S/c1-27(25,26)23-11-3-6-18-13-19(9-10-20(18)23)21(24)22-14-15-7-8-16-4-2-5-17(16)12-15/h7-10,12-13H,2-6,11,14H2,1H3,(H,22,24). The zero-order valence-electron chi connectivity index (χ0n) is 15.5. The number of hydrogen-bond donors (Lipinski definition) is 1. The van der Waals surface area contributed by atoms with Crippen molar-refractivity contribution in [3.8, 4) is 0 Å². The van der Waals surface area contributed by atoms with Crippen molar-refractivity contribution < 1.29 is 13.2 Å². The molecule has 1 aliphatic carbocycles. The van der Waals surface area contributed by atoms with Crippen LogP contribution in [0.3, 0.4) is 0 Å². The normalized spacial score (nSPS) is 16.0. The molecule has 0 saturated heterocycles. The van der Waals surface area contributed by atoms with E-state index in [-0.39, 0.29) is 5.91 Å². The van der Waals surface area contributed by atoms with Crippen LogP contribution in [-0.2, 0) is 35.8 Å². The predicted octanol–water partition coefficient (Wildman–Crippen LogP) is 2.82. The first kappa shape index (κ1) is 18.0. The Labute approximate surface area is 160 Å². The number of rotatable bonds is 4. The summed E-state index contributed by atoms with van der Waals surface area (Å²) in [5.74, 6) is -0.130. The van der Waals surface area contributed by atoms with E-state index >= 15 is 0 Å². The van der Waals surface area contributed by atoms with Gasteiger partial charge in [0.2, 0.25) is 10.0 Å². The van der Waals surface area contributed by atoms with Gasteiger partial charge in [-0.25, -0.2) is 8.42 Å². The molecule has 27 heavy (non-hydrogen) atoms. The molecule has 2 aliphatic rings. The van der Waals surface area contributed by atoms with E-state index in [1.807, 2.05) is 6.07 Å². The first-order chi connectivity index (χ1) is 12.9. The number of carbonyl (C=O) groups excluding carboxylic acids is 1. The van der Waals surface area contributed by atoms with E-state index in [2.05, 4.69) is 23.5 Å². The van der Waals surface area contributed by atoms with Crippen LogP contribution >= 0.6 is 0 Å². The van der Waals surface area contributed by atoms with Crippen LogP contribution in [-0.4, -0.2) is 27.1 Å². The van der Waals surface area contributed by atoms with E-state index in [1.54, 1.807) is 12.1 Å². The van der Waals surface area contributed by atoms with Crippen molar-refractivity contribution in [3.05, 3.63) is 64.2 Å².